The molecule has 0 atom stereocenters. The highest BCUT2D eigenvalue weighted by Gasteiger charge is 2.04. The van der Waals surface area contributed by atoms with Crippen LogP contribution in [-0.2, 0) is 9.53 Å². The Morgan fingerprint density at radius 3 is 2.40 bits per heavy atom. The van der Waals surface area contributed by atoms with E-state index in [1.54, 1.807) is 25.1 Å². The molecule has 0 N–H and O–H groups in total. The lowest BCUT2D eigenvalue weighted by atomic mass is 10.0. The summed E-state index contributed by atoms with van der Waals surface area (Å²) in [7, 11) is 0. The second-order valence-corrected chi connectivity index (χ2v) is 6.14. The van der Waals surface area contributed by atoms with Crippen LogP contribution in [-0.4, -0.2) is 12.8 Å². The van der Waals surface area contributed by atoms with Crippen molar-refractivity contribution < 1.29 is 14.3 Å². The van der Waals surface area contributed by atoms with Gasteiger partial charge in [0, 0.05) is 10.0 Å². The fourth-order valence-electron chi connectivity index (χ4n) is 1.91. The van der Waals surface area contributed by atoms with Gasteiger partial charge >= 0.3 is 5.97 Å². The highest BCUT2D eigenvalue weighted by Crippen LogP contribution is 2.21. The standard InChI is InChI=1S/C20H16BrNO3/c1-14(2)20(23)25-13-24-19-9-3-15(4-10-19)11-17(12-22)16-5-7-18(21)8-6-16/h3-11H,1,13H2,2H3/b17-11+. The predicted octanol–water partition coefficient (Wildman–Crippen LogP) is 4.97. The number of allylic oxidation sites excluding steroid dienone is 1. The van der Waals surface area contributed by atoms with Crippen LogP contribution in [0.1, 0.15) is 18.1 Å². The Kier molecular flexibility index (Phi) is 6.55. The summed E-state index contributed by atoms with van der Waals surface area (Å²) < 4.78 is 11.2. The number of hydrogen-bond acceptors (Lipinski definition) is 4. The van der Waals surface area contributed by atoms with E-state index in [4.69, 9.17) is 9.47 Å². The van der Waals surface area contributed by atoms with Crippen molar-refractivity contribution in [2.75, 3.05) is 6.79 Å². The number of ether oxygens (including phenoxy) is 2. The van der Waals surface area contributed by atoms with Crippen molar-refractivity contribution in [2.24, 2.45) is 0 Å². The number of halogens is 1. The van der Waals surface area contributed by atoms with Gasteiger partial charge < -0.3 is 9.47 Å². The molecule has 0 unspecified atom stereocenters. The van der Waals surface area contributed by atoms with E-state index >= 15 is 0 Å². The Bertz CT molecular complexity index is 831. The molecule has 0 bridgehead atoms. The lowest BCUT2D eigenvalue weighted by molar-refractivity contribution is -0.145. The molecule has 0 aromatic heterocycles. The Morgan fingerprint density at radius 1 is 1.20 bits per heavy atom. The lowest BCUT2D eigenvalue weighted by Crippen LogP contribution is -2.10. The van der Waals surface area contributed by atoms with E-state index in [2.05, 4.69) is 28.6 Å². The molecule has 0 aliphatic heterocycles. The van der Waals surface area contributed by atoms with Crippen molar-refractivity contribution in [1.29, 1.82) is 5.26 Å². The molecule has 0 spiro atoms. The van der Waals surface area contributed by atoms with Crippen molar-refractivity contribution in [2.45, 2.75) is 6.92 Å². The first-order chi connectivity index (χ1) is 12.0. The Labute approximate surface area is 155 Å². The highest BCUT2D eigenvalue weighted by atomic mass is 79.9. The van der Waals surface area contributed by atoms with Crippen molar-refractivity contribution in [3.05, 3.63) is 76.3 Å². The van der Waals surface area contributed by atoms with Crippen LogP contribution in [0, 0.1) is 11.3 Å². The van der Waals surface area contributed by atoms with E-state index in [1.165, 1.54) is 0 Å². The van der Waals surface area contributed by atoms with Gasteiger partial charge in [0.15, 0.2) is 0 Å². The molecule has 0 aliphatic rings. The molecule has 0 radical (unpaired) electrons. The summed E-state index contributed by atoms with van der Waals surface area (Å²) in [5.74, 6) is 0.0709. The minimum Gasteiger partial charge on any atom is -0.457 e. The molecule has 0 fully saturated rings. The Morgan fingerprint density at radius 2 is 1.84 bits per heavy atom. The van der Waals surface area contributed by atoms with Gasteiger partial charge in [-0.3, -0.25) is 0 Å². The molecule has 5 heteroatoms. The van der Waals surface area contributed by atoms with Crippen LogP contribution in [0.3, 0.4) is 0 Å². The van der Waals surface area contributed by atoms with Gasteiger partial charge in [0.05, 0.1) is 11.6 Å². The van der Waals surface area contributed by atoms with E-state index in [0.717, 1.165) is 15.6 Å². The summed E-state index contributed by atoms with van der Waals surface area (Å²) in [6.45, 7) is 4.89. The average Bonchev–Trinajstić information content (AvgIpc) is 2.61. The molecule has 0 saturated heterocycles. The van der Waals surface area contributed by atoms with Gasteiger partial charge in [-0.15, -0.1) is 0 Å². The van der Waals surface area contributed by atoms with Gasteiger partial charge in [0.1, 0.15) is 5.75 Å². The van der Waals surface area contributed by atoms with Crippen molar-refractivity contribution in [3.8, 4) is 11.8 Å². The maximum absolute atomic E-state index is 11.3. The van der Waals surface area contributed by atoms with Crippen molar-refractivity contribution in [3.63, 3.8) is 0 Å². The predicted molar refractivity (Wildman–Crippen MR) is 100 cm³/mol. The maximum Gasteiger partial charge on any atom is 0.335 e. The topological polar surface area (TPSA) is 59.3 Å². The molecule has 0 aliphatic carbocycles. The molecule has 2 aromatic rings. The van der Waals surface area contributed by atoms with Crippen LogP contribution >= 0.6 is 15.9 Å². The minimum absolute atomic E-state index is 0.177. The fourth-order valence-corrected chi connectivity index (χ4v) is 2.18. The molecule has 2 aromatic carbocycles. The second-order valence-electron chi connectivity index (χ2n) is 5.22. The minimum atomic E-state index is -0.493. The zero-order valence-electron chi connectivity index (χ0n) is 13.7. The molecule has 0 heterocycles. The van der Waals surface area contributed by atoms with E-state index in [0.29, 0.717) is 16.9 Å². The number of esters is 1. The number of nitrogens with zero attached hydrogens (tertiary/aromatic N) is 1. The molecule has 25 heavy (non-hydrogen) atoms. The quantitative estimate of drug-likeness (QED) is 0.227. The van der Waals surface area contributed by atoms with Crippen LogP contribution in [0.15, 0.2) is 65.2 Å². The van der Waals surface area contributed by atoms with Gasteiger partial charge in [-0.2, -0.15) is 5.26 Å². The zero-order valence-corrected chi connectivity index (χ0v) is 15.2. The second kappa shape index (κ2) is 8.86. The van der Waals surface area contributed by atoms with Crippen LogP contribution < -0.4 is 4.74 Å². The third-order valence-electron chi connectivity index (χ3n) is 3.23. The summed E-state index contributed by atoms with van der Waals surface area (Å²) >= 11 is 3.38. The Balaban J connectivity index is 2.03. The average molecular weight is 398 g/mol. The smallest absolute Gasteiger partial charge is 0.335 e. The summed E-state index contributed by atoms with van der Waals surface area (Å²) in [5.41, 5.74) is 2.60. The largest absolute Gasteiger partial charge is 0.457 e. The van der Waals surface area contributed by atoms with E-state index < -0.39 is 5.97 Å². The molecule has 0 amide bonds. The van der Waals surface area contributed by atoms with E-state index in [1.807, 2.05) is 36.4 Å². The first-order valence-electron chi connectivity index (χ1n) is 7.43. The van der Waals surface area contributed by atoms with Crippen LogP contribution in [0.25, 0.3) is 11.6 Å². The van der Waals surface area contributed by atoms with Crippen molar-refractivity contribution in [1.82, 2.24) is 0 Å². The molecule has 2 rings (SSSR count). The van der Waals surface area contributed by atoms with Crippen LogP contribution in [0.2, 0.25) is 0 Å². The first-order valence-corrected chi connectivity index (χ1v) is 8.22. The van der Waals surface area contributed by atoms with Gasteiger partial charge in [-0.1, -0.05) is 46.8 Å². The molecular formula is C20H16BrNO3. The normalized spacial score (nSPS) is 10.7. The maximum atomic E-state index is 11.3. The van der Waals surface area contributed by atoms with Crippen LogP contribution in [0.4, 0.5) is 0 Å². The Hall–Kier alpha value is -2.84. The van der Waals surface area contributed by atoms with Crippen LogP contribution in [0.5, 0.6) is 5.75 Å². The molecular weight excluding hydrogens is 382 g/mol. The molecule has 0 saturated carbocycles. The monoisotopic (exact) mass is 397 g/mol. The summed E-state index contributed by atoms with van der Waals surface area (Å²) in [5, 5.41) is 9.37. The van der Waals surface area contributed by atoms with Crippen molar-refractivity contribution >= 4 is 33.5 Å². The first kappa shape index (κ1) is 18.5. The van der Waals surface area contributed by atoms with Gasteiger partial charge in [-0.05, 0) is 48.4 Å². The fraction of sp³-hybridized carbons (Fsp3) is 0.100. The zero-order chi connectivity index (χ0) is 18.2. The lowest BCUT2D eigenvalue weighted by Gasteiger charge is -2.07. The molecule has 4 nitrogen and oxygen atoms in total. The number of carbonyl (C=O) groups is 1. The number of rotatable bonds is 6. The number of carbonyl (C=O) groups excluding carboxylic acids is 1. The van der Waals surface area contributed by atoms with Gasteiger partial charge in [-0.25, -0.2) is 4.79 Å². The van der Waals surface area contributed by atoms with Gasteiger partial charge in [0.2, 0.25) is 6.79 Å². The third kappa shape index (κ3) is 5.63. The van der Waals surface area contributed by atoms with Gasteiger partial charge in [0.25, 0.3) is 0 Å². The van der Waals surface area contributed by atoms with E-state index in [9.17, 15) is 10.1 Å². The number of hydrogen-bond donors (Lipinski definition) is 0. The van der Waals surface area contributed by atoms with E-state index in [-0.39, 0.29) is 6.79 Å². The summed E-state index contributed by atoms with van der Waals surface area (Å²) in [4.78, 5) is 11.3. The SMILES string of the molecule is C=C(C)C(=O)OCOc1ccc(/C=C(\C#N)c2ccc(Br)cc2)cc1. The number of benzene rings is 2. The number of nitriles is 1. The summed E-state index contributed by atoms with van der Waals surface area (Å²) in [6, 6.07) is 16.9. The molecule has 126 valence electrons. The third-order valence-corrected chi connectivity index (χ3v) is 3.76. The highest BCUT2D eigenvalue weighted by molar-refractivity contribution is 9.10. The summed E-state index contributed by atoms with van der Waals surface area (Å²) in [6.07, 6.45) is 1.80.